The molecule has 0 bridgehead atoms. The molecule has 7 heteroatoms. The third-order valence-corrected chi connectivity index (χ3v) is 4.28. The minimum Gasteiger partial charge on any atom is -0.465 e. The molecular weight excluding hydrogens is 320 g/mol. The van der Waals surface area contributed by atoms with Crippen molar-refractivity contribution in [2.24, 2.45) is 7.05 Å². The number of esters is 1. The standard InChI is InChI=1S/C18H24N4O3/c1-12-14(13(2)22(4)20-12)10-11-21(3)18(24)19-16-9-7-6-8-15(16)17(23)25-5/h6-9H,10-11H2,1-5H3,(H,19,24). The van der Waals surface area contributed by atoms with Gasteiger partial charge in [-0.3, -0.25) is 4.68 Å². The summed E-state index contributed by atoms with van der Waals surface area (Å²) in [4.78, 5) is 25.8. The number of rotatable bonds is 5. The second-order valence-corrected chi connectivity index (χ2v) is 5.91. The van der Waals surface area contributed by atoms with Gasteiger partial charge >= 0.3 is 12.0 Å². The van der Waals surface area contributed by atoms with Crippen LogP contribution in [0.25, 0.3) is 0 Å². The first kappa shape index (κ1) is 18.5. The van der Waals surface area contributed by atoms with Gasteiger partial charge in [0.15, 0.2) is 0 Å². The first-order chi connectivity index (χ1) is 11.8. The number of aryl methyl sites for hydroxylation is 2. The molecule has 0 saturated heterocycles. The molecule has 1 aromatic carbocycles. The number of carbonyl (C=O) groups excluding carboxylic acids is 2. The van der Waals surface area contributed by atoms with Crippen LogP contribution in [-0.2, 0) is 18.2 Å². The van der Waals surface area contributed by atoms with E-state index in [9.17, 15) is 9.59 Å². The minimum absolute atomic E-state index is 0.282. The zero-order valence-corrected chi connectivity index (χ0v) is 15.3. The molecular formula is C18H24N4O3. The topological polar surface area (TPSA) is 76.5 Å². The fourth-order valence-corrected chi connectivity index (χ4v) is 2.65. The Bertz CT molecular complexity index is 783. The molecule has 2 aromatic rings. The fourth-order valence-electron chi connectivity index (χ4n) is 2.65. The van der Waals surface area contributed by atoms with Crippen LogP contribution < -0.4 is 5.32 Å². The van der Waals surface area contributed by atoms with Crippen LogP contribution in [0, 0.1) is 13.8 Å². The van der Waals surface area contributed by atoms with Crippen molar-refractivity contribution in [1.82, 2.24) is 14.7 Å². The predicted molar refractivity (Wildman–Crippen MR) is 95.8 cm³/mol. The van der Waals surface area contributed by atoms with Gasteiger partial charge in [0.05, 0.1) is 24.1 Å². The summed E-state index contributed by atoms with van der Waals surface area (Å²) in [6, 6.07) is 6.48. The summed E-state index contributed by atoms with van der Waals surface area (Å²) >= 11 is 0. The number of hydrogen-bond donors (Lipinski definition) is 1. The first-order valence-corrected chi connectivity index (χ1v) is 8.03. The lowest BCUT2D eigenvalue weighted by molar-refractivity contribution is 0.0602. The Balaban J connectivity index is 2.03. The molecule has 0 unspecified atom stereocenters. The average molecular weight is 344 g/mol. The Morgan fingerprint density at radius 1 is 1.28 bits per heavy atom. The van der Waals surface area contributed by atoms with Crippen LogP contribution in [0.1, 0.15) is 27.3 Å². The Labute approximate surface area is 147 Å². The van der Waals surface area contributed by atoms with Gasteiger partial charge in [-0.25, -0.2) is 9.59 Å². The molecule has 1 heterocycles. The zero-order valence-electron chi connectivity index (χ0n) is 15.3. The molecule has 25 heavy (non-hydrogen) atoms. The Hall–Kier alpha value is -2.83. The van der Waals surface area contributed by atoms with Crippen molar-refractivity contribution in [2.45, 2.75) is 20.3 Å². The number of urea groups is 1. The van der Waals surface area contributed by atoms with E-state index in [1.807, 2.05) is 25.6 Å². The lowest BCUT2D eigenvalue weighted by atomic mass is 10.1. The quantitative estimate of drug-likeness (QED) is 0.846. The normalized spacial score (nSPS) is 10.4. The smallest absolute Gasteiger partial charge is 0.339 e. The van der Waals surface area contributed by atoms with Gasteiger partial charge in [0, 0.05) is 26.3 Å². The molecule has 0 spiro atoms. The lowest BCUT2D eigenvalue weighted by Gasteiger charge is -2.19. The summed E-state index contributed by atoms with van der Waals surface area (Å²) in [5.41, 5.74) is 3.98. The highest BCUT2D eigenvalue weighted by Gasteiger charge is 2.16. The molecule has 0 fully saturated rings. The van der Waals surface area contributed by atoms with E-state index in [4.69, 9.17) is 4.74 Å². The van der Waals surface area contributed by atoms with Crippen LogP contribution >= 0.6 is 0 Å². The predicted octanol–water partition coefficient (Wildman–Crippen LogP) is 2.53. The van der Waals surface area contributed by atoms with Crippen LogP contribution in [0.2, 0.25) is 0 Å². The summed E-state index contributed by atoms with van der Waals surface area (Å²) in [7, 11) is 4.94. The molecule has 7 nitrogen and oxygen atoms in total. The largest absolute Gasteiger partial charge is 0.465 e. The SMILES string of the molecule is COC(=O)c1ccccc1NC(=O)N(C)CCc1c(C)nn(C)c1C. The number of benzene rings is 1. The number of nitrogens with one attached hydrogen (secondary N) is 1. The van der Waals surface area contributed by atoms with Crippen molar-refractivity contribution < 1.29 is 14.3 Å². The summed E-state index contributed by atoms with van der Waals surface area (Å²) in [6.07, 6.45) is 0.716. The molecule has 1 N–H and O–H groups in total. The van der Waals surface area contributed by atoms with E-state index in [2.05, 4.69) is 10.4 Å². The molecule has 0 aliphatic heterocycles. The van der Waals surface area contributed by atoms with Crippen LogP contribution in [0.3, 0.4) is 0 Å². The summed E-state index contributed by atoms with van der Waals surface area (Å²) < 4.78 is 6.58. The third kappa shape index (κ3) is 4.17. The van der Waals surface area contributed by atoms with Gasteiger partial charge in [0.1, 0.15) is 0 Å². The van der Waals surface area contributed by atoms with E-state index in [0.29, 0.717) is 24.2 Å². The number of aromatic nitrogens is 2. The van der Waals surface area contributed by atoms with E-state index >= 15 is 0 Å². The number of carbonyl (C=O) groups is 2. The lowest BCUT2D eigenvalue weighted by Crippen LogP contribution is -2.33. The maximum atomic E-state index is 12.4. The average Bonchev–Trinajstić information content (AvgIpc) is 2.84. The van der Waals surface area contributed by atoms with Gasteiger partial charge in [0.2, 0.25) is 0 Å². The second-order valence-electron chi connectivity index (χ2n) is 5.91. The molecule has 0 saturated carbocycles. The highest BCUT2D eigenvalue weighted by molar-refractivity contribution is 6.00. The number of anilines is 1. The Morgan fingerprint density at radius 3 is 2.56 bits per heavy atom. The molecule has 134 valence electrons. The number of methoxy groups -OCH3 is 1. The highest BCUT2D eigenvalue weighted by atomic mass is 16.5. The molecule has 0 atom stereocenters. The zero-order chi connectivity index (χ0) is 18.6. The van der Waals surface area contributed by atoms with Crippen LogP contribution in [0.15, 0.2) is 24.3 Å². The third-order valence-electron chi connectivity index (χ3n) is 4.28. The molecule has 1 aromatic heterocycles. The van der Waals surface area contributed by atoms with Gasteiger partial charge in [0.25, 0.3) is 0 Å². The van der Waals surface area contributed by atoms with Crippen molar-refractivity contribution in [2.75, 3.05) is 26.0 Å². The van der Waals surface area contributed by atoms with Gasteiger partial charge in [-0.05, 0) is 38.0 Å². The van der Waals surface area contributed by atoms with E-state index in [1.54, 1.807) is 36.2 Å². The first-order valence-electron chi connectivity index (χ1n) is 8.03. The van der Waals surface area contributed by atoms with Crippen molar-refractivity contribution in [3.63, 3.8) is 0 Å². The highest BCUT2D eigenvalue weighted by Crippen LogP contribution is 2.17. The molecule has 0 aliphatic rings. The monoisotopic (exact) mass is 344 g/mol. The maximum Gasteiger partial charge on any atom is 0.339 e. The van der Waals surface area contributed by atoms with Crippen LogP contribution in [0.5, 0.6) is 0 Å². The Morgan fingerprint density at radius 2 is 1.96 bits per heavy atom. The summed E-state index contributed by atoms with van der Waals surface area (Å²) in [5.74, 6) is -0.486. The van der Waals surface area contributed by atoms with Gasteiger partial charge in [-0.1, -0.05) is 12.1 Å². The van der Waals surface area contributed by atoms with E-state index < -0.39 is 5.97 Å². The molecule has 2 amide bonds. The molecule has 0 aliphatic carbocycles. The number of ether oxygens (including phenoxy) is 1. The number of nitrogens with zero attached hydrogens (tertiary/aromatic N) is 3. The van der Waals surface area contributed by atoms with Crippen molar-refractivity contribution in [1.29, 1.82) is 0 Å². The van der Waals surface area contributed by atoms with Gasteiger partial charge < -0.3 is 15.0 Å². The number of amides is 2. The second kappa shape index (κ2) is 7.83. The fraction of sp³-hybridized carbons (Fsp3) is 0.389. The van der Waals surface area contributed by atoms with Crippen LogP contribution in [0.4, 0.5) is 10.5 Å². The van der Waals surface area contributed by atoms with Crippen molar-refractivity contribution in [3.05, 3.63) is 46.8 Å². The number of likely N-dealkylation sites (N-methyl/N-ethyl adjacent to an activating group) is 1. The number of hydrogen-bond acceptors (Lipinski definition) is 4. The van der Waals surface area contributed by atoms with E-state index in [1.165, 1.54) is 7.11 Å². The van der Waals surface area contributed by atoms with E-state index in [0.717, 1.165) is 17.0 Å². The summed E-state index contributed by atoms with van der Waals surface area (Å²) in [6.45, 7) is 4.52. The maximum absolute atomic E-state index is 12.4. The van der Waals surface area contributed by atoms with Crippen molar-refractivity contribution in [3.8, 4) is 0 Å². The van der Waals surface area contributed by atoms with Gasteiger partial charge in [-0.2, -0.15) is 5.10 Å². The molecule has 0 radical (unpaired) electrons. The summed E-state index contributed by atoms with van der Waals surface area (Å²) in [5, 5.41) is 7.15. The van der Waals surface area contributed by atoms with E-state index in [-0.39, 0.29) is 6.03 Å². The number of para-hydroxylation sites is 1. The minimum atomic E-state index is -0.486. The van der Waals surface area contributed by atoms with Crippen molar-refractivity contribution >= 4 is 17.7 Å². The molecule has 2 rings (SSSR count). The van der Waals surface area contributed by atoms with Gasteiger partial charge in [-0.15, -0.1) is 0 Å². The Kier molecular flexibility index (Phi) is 5.80. The van der Waals surface area contributed by atoms with Crippen LogP contribution in [-0.4, -0.2) is 47.4 Å².